The summed E-state index contributed by atoms with van der Waals surface area (Å²) in [5, 5.41) is 12.1. The molecule has 0 unspecified atom stereocenters. The van der Waals surface area contributed by atoms with E-state index >= 15 is 0 Å². The molecule has 0 bridgehead atoms. The van der Waals surface area contributed by atoms with E-state index in [1.54, 1.807) is 19.1 Å². The van der Waals surface area contributed by atoms with Crippen LogP contribution in [0.15, 0.2) is 33.5 Å². The zero-order valence-electron chi connectivity index (χ0n) is 20.0. The van der Waals surface area contributed by atoms with E-state index in [1.807, 2.05) is 0 Å². The lowest BCUT2D eigenvalue weighted by molar-refractivity contribution is 0.102. The lowest BCUT2D eigenvalue weighted by atomic mass is 9.99. The highest BCUT2D eigenvalue weighted by Gasteiger charge is 2.22. The molecule has 0 aliphatic heterocycles. The van der Waals surface area contributed by atoms with E-state index in [0.29, 0.717) is 23.4 Å². The number of phenolic OH excluding ortho intramolecular Hbond substituents is 1. The number of phenols is 1. The Morgan fingerprint density at radius 2 is 1.58 bits per heavy atom. The van der Waals surface area contributed by atoms with E-state index in [-0.39, 0.29) is 28.9 Å². The summed E-state index contributed by atoms with van der Waals surface area (Å²) >= 11 is 0. The van der Waals surface area contributed by atoms with Crippen molar-refractivity contribution in [3.8, 4) is 18.1 Å². The molecule has 5 heteroatoms. The van der Waals surface area contributed by atoms with Gasteiger partial charge in [-0.3, -0.25) is 9.59 Å². The minimum Gasteiger partial charge on any atom is -0.508 e. The van der Waals surface area contributed by atoms with Crippen LogP contribution in [-0.2, 0) is 12.8 Å². The van der Waals surface area contributed by atoms with Crippen molar-refractivity contribution in [1.82, 2.24) is 0 Å². The molecular formula is C28H37NO4. The van der Waals surface area contributed by atoms with Crippen molar-refractivity contribution in [2.24, 2.45) is 0 Å². The zero-order chi connectivity index (χ0) is 24.1. The number of carbonyl (C=O) groups is 1. The van der Waals surface area contributed by atoms with Crippen molar-refractivity contribution in [3.63, 3.8) is 0 Å². The van der Waals surface area contributed by atoms with Gasteiger partial charge in [0.15, 0.2) is 0 Å². The number of terminal acetylenes is 1. The Balaban J connectivity index is 2.00. The lowest BCUT2D eigenvalue weighted by Gasteiger charge is -2.12. The van der Waals surface area contributed by atoms with Crippen molar-refractivity contribution in [1.29, 1.82) is 0 Å². The van der Waals surface area contributed by atoms with Gasteiger partial charge >= 0.3 is 0 Å². The van der Waals surface area contributed by atoms with Gasteiger partial charge in [-0.15, -0.1) is 6.42 Å². The van der Waals surface area contributed by atoms with Crippen LogP contribution in [0.4, 0.5) is 5.69 Å². The molecule has 2 N–H and O–H groups in total. The zero-order valence-corrected chi connectivity index (χ0v) is 20.0. The number of carbonyl (C=O) groups excluding carboxylic acids is 1. The minimum absolute atomic E-state index is 0.00549. The smallest absolute Gasteiger partial charge is 0.263 e. The van der Waals surface area contributed by atoms with Gasteiger partial charge in [0.1, 0.15) is 22.8 Å². The van der Waals surface area contributed by atoms with Crippen LogP contribution in [0.3, 0.4) is 0 Å². The van der Waals surface area contributed by atoms with E-state index in [2.05, 4.69) is 18.2 Å². The molecule has 0 spiro atoms. The van der Waals surface area contributed by atoms with Gasteiger partial charge in [-0.2, -0.15) is 0 Å². The molecular weight excluding hydrogens is 414 g/mol. The molecule has 33 heavy (non-hydrogen) atoms. The molecule has 2 aromatic rings. The highest BCUT2D eigenvalue weighted by molar-refractivity contribution is 6.04. The number of hydrogen-bond acceptors (Lipinski definition) is 4. The van der Waals surface area contributed by atoms with Crippen molar-refractivity contribution in [2.45, 2.75) is 90.9 Å². The standard InChI is InChI=1S/C28H37NO4/c1-4-6-7-8-9-10-11-12-13-14-16-24-25(15-5-2)33-21(3)26(27(24)31)28(32)29-22-17-19-23(30)20-18-22/h2,17-20,30H,4,6-16H2,1,3H3,(H,29,32). The van der Waals surface area contributed by atoms with Gasteiger partial charge < -0.3 is 14.8 Å². The Hall–Kier alpha value is -3.00. The van der Waals surface area contributed by atoms with E-state index < -0.39 is 5.91 Å². The quantitative estimate of drug-likeness (QED) is 0.194. The lowest BCUT2D eigenvalue weighted by Crippen LogP contribution is -2.26. The largest absolute Gasteiger partial charge is 0.508 e. The predicted molar refractivity (Wildman–Crippen MR) is 134 cm³/mol. The monoisotopic (exact) mass is 451 g/mol. The summed E-state index contributed by atoms with van der Waals surface area (Å²) in [5.74, 6) is 2.87. The Bertz CT molecular complexity index is 983. The number of anilines is 1. The highest BCUT2D eigenvalue weighted by Crippen LogP contribution is 2.19. The van der Waals surface area contributed by atoms with E-state index in [0.717, 1.165) is 19.3 Å². The molecule has 0 atom stereocenters. The van der Waals surface area contributed by atoms with Crippen LogP contribution in [0, 0.1) is 19.3 Å². The van der Waals surface area contributed by atoms with Crippen molar-refractivity contribution < 1.29 is 14.3 Å². The molecule has 5 nitrogen and oxygen atoms in total. The SMILES string of the molecule is C#CCc1oc(C)c(C(=O)Nc2ccc(O)cc2)c(=O)c1CCCCCCCCCCCC. The molecule has 2 rings (SSSR count). The summed E-state index contributed by atoms with van der Waals surface area (Å²) < 4.78 is 5.84. The third-order valence-corrected chi connectivity index (χ3v) is 5.86. The second kappa shape index (κ2) is 14.2. The maximum absolute atomic E-state index is 13.2. The first kappa shape index (κ1) is 26.3. The fourth-order valence-corrected chi connectivity index (χ4v) is 4.01. The molecule has 1 aromatic heterocycles. The molecule has 0 aliphatic carbocycles. The molecule has 178 valence electrons. The van der Waals surface area contributed by atoms with Crippen LogP contribution < -0.4 is 10.7 Å². The molecule has 1 heterocycles. The molecule has 1 aromatic carbocycles. The maximum Gasteiger partial charge on any atom is 0.263 e. The Kier molecular flexibility index (Phi) is 11.3. The van der Waals surface area contributed by atoms with Gasteiger partial charge in [-0.25, -0.2) is 0 Å². The number of aromatic hydroxyl groups is 1. The van der Waals surface area contributed by atoms with Crippen molar-refractivity contribution in [2.75, 3.05) is 5.32 Å². The van der Waals surface area contributed by atoms with Gasteiger partial charge in [-0.05, 0) is 44.0 Å². The van der Waals surface area contributed by atoms with Crippen molar-refractivity contribution >= 4 is 11.6 Å². The molecule has 0 fully saturated rings. The fraction of sp³-hybridized carbons (Fsp3) is 0.500. The Morgan fingerprint density at radius 3 is 2.15 bits per heavy atom. The molecule has 1 amide bonds. The highest BCUT2D eigenvalue weighted by atomic mass is 16.3. The number of unbranched alkanes of at least 4 members (excludes halogenated alkanes) is 9. The molecule has 0 aliphatic rings. The number of nitrogens with one attached hydrogen (secondary N) is 1. The van der Waals surface area contributed by atoms with Gasteiger partial charge in [0.05, 0.1) is 6.42 Å². The summed E-state index contributed by atoms with van der Waals surface area (Å²) in [6.45, 7) is 3.84. The maximum atomic E-state index is 13.2. The minimum atomic E-state index is -0.525. The predicted octanol–water partition coefficient (Wildman–Crippen LogP) is 6.55. The van der Waals surface area contributed by atoms with Crippen LogP contribution in [0.2, 0.25) is 0 Å². The van der Waals surface area contributed by atoms with Gasteiger partial charge in [0.25, 0.3) is 5.91 Å². The third-order valence-electron chi connectivity index (χ3n) is 5.86. The van der Waals surface area contributed by atoms with Gasteiger partial charge in [-0.1, -0.05) is 70.6 Å². The van der Waals surface area contributed by atoms with E-state index in [1.165, 1.54) is 57.1 Å². The molecule has 0 saturated carbocycles. The number of rotatable bonds is 14. The summed E-state index contributed by atoms with van der Waals surface area (Å²) in [6.07, 6.45) is 18.3. The Morgan fingerprint density at radius 1 is 1.00 bits per heavy atom. The molecule has 0 saturated heterocycles. The van der Waals surface area contributed by atoms with Gasteiger partial charge in [0.2, 0.25) is 5.43 Å². The van der Waals surface area contributed by atoms with Gasteiger partial charge in [0, 0.05) is 11.3 Å². The number of aryl methyl sites for hydroxylation is 1. The van der Waals surface area contributed by atoms with Crippen LogP contribution >= 0.6 is 0 Å². The summed E-state index contributed by atoms with van der Waals surface area (Å²) in [5.41, 5.74) is 0.691. The van der Waals surface area contributed by atoms with Crippen LogP contribution in [0.25, 0.3) is 0 Å². The average molecular weight is 452 g/mol. The first-order chi connectivity index (χ1) is 16.0. The second-order valence-corrected chi connectivity index (χ2v) is 8.58. The fourth-order valence-electron chi connectivity index (χ4n) is 4.01. The molecule has 0 radical (unpaired) electrons. The second-order valence-electron chi connectivity index (χ2n) is 8.58. The average Bonchev–Trinajstić information content (AvgIpc) is 2.78. The van der Waals surface area contributed by atoms with Crippen LogP contribution in [0.1, 0.15) is 98.6 Å². The number of hydrogen-bond donors (Lipinski definition) is 2. The Labute approximate surface area is 197 Å². The summed E-state index contributed by atoms with van der Waals surface area (Å²) in [7, 11) is 0. The van der Waals surface area contributed by atoms with Crippen LogP contribution in [0.5, 0.6) is 5.75 Å². The van der Waals surface area contributed by atoms with Crippen molar-refractivity contribution in [3.05, 3.63) is 57.1 Å². The third kappa shape index (κ3) is 8.46. The number of amides is 1. The first-order valence-corrected chi connectivity index (χ1v) is 12.2. The normalized spacial score (nSPS) is 10.7. The number of benzene rings is 1. The van der Waals surface area contributed by atoms with E-state index in [9.17, 15) is 14.7 Å². The first-order valence-electron chi connectivity index (χ1n) is 12.2. The van der Waals surface area contributed by atoms with E-state index in [4.69, 9.17) is 10.8 Å². The van der Waals surface area contributed by atoms with Crippen LogP contribution in [-0.4, -0.2) is 11.0 Å². The summed E-state index contributed by atoms with van der Waals surface area (Å²) in [4.78, 5) is 26.1. The topological polar surface area (TPSA) is 79.5 Å². The summed E-state index contributed by atoms with van der Waals surface area (Å²) in [6, 6.07) is 6.08.